The van der Waals surface area contributed by atoms with Crippen LogP contribution in [-0.2, 0) is 9.53 Å². The maximum Gasteiger partial charge on any atom is 0.343 e. The molecule has 1 heterocycles. The molecule has 0 N–H and O–H groups in total. The smallest absolute Gasteiger partial charge is 0.343 e. The molecule has 0 fully saturated rings. The Balaban J connectivity index is 2.53. The van der Waals surface area contributed by atoms with Crippen LogP contribution in [0.2, 0.25) is 0 Å². The second kappa shape index (κ2) is 9.08. The number of carbonyl (C=O) groups excluding carboxylic acids is 1. The van der Waals surface area contributed by atoms with E-state index in [-0.39, 0.29) is 12.2 Å². The highest BCUT2D eigenvalue weighted by molar-refractivity contribution is 5.89. The van der Waals surface area contributed by atoms with Gasteiger partial charge in [-0.1, -0.05) is 0 Å². The molecule has 0 unspecified atom stereocenters. The van der Waals surface area contributed by atoms with Crippen molar-refractivity contribution in [1.82, 2.24) is 0 Å². The Morgan fingerprint density at radius 3 is 2.46 bits per heavy atom. The molecule has 0 aliphatic carbocycles. The first kappa shape index (κ1) is 19.6. The van der Waals surface area contributed by atoms with Crippen LogP contribution in [0.3, 0.4) is 0 Å². The van der Waals surface area contributed by atoms with Crippen LogP contribution in [0, 0.1) is 0 Å². The summed E-state index contributed by atoms with van der Waals surface area (Å²) in [5, 5.41) is 0.729. The van der Waals surface area contributed by atoms with Gasteiger partial charge in [0.05, 0.1) is 24.5 Å². The number of anilines is 1. The quantitative estimate of drug-likeness (QED) is 0.407. The molecule has 0 saturated carbocycles. The third-order valence-electron chi connectivity index (χ3n) is 3.93. The van der Waals surface area contributed by atoms with E-state index in [1.165, 1.54) is 12.2 Å². The van der Waals surface area contributed by atoms with Crippen LogP contribution >= 0.6 is 0 Å². The van der Waals surface area contributed by atoms with Gasteiger partial charge in [0.1, 0.15) is 11.3 Å². The lowest BCUT2D eigenvalue weighted by atomic mass is 10.1. The maximum atomic E-state index is 12.2. The van der Waals surface area contributed by atoms with E-state index in [0.717, 1.165) is 29.9 Å². The molecule has 0 aliphatic heterocycles. The predicted octanol–water partition coefficient (Wildman–Crippen LogP) is 3.61. The number of esters is 1. The van der Waals surface area contributed by atoms with Crippen LogP contribution in [0.15, 0.2) is 33.5 Å². The SMILES string of the molecule is CCOC(=O)/C=C/c1cc2cc(OCC)c(N(CC)CC)cc2oc1=O. The predicted molar refractivity (Wildman–Crippen MR) is 103 cm³/mol. The van der Waals surface area contributed by atoms with Crippen molar-refractivity contribution in [2.75, 3.05) is 31.2 Å². The zero-order valence-corrected chi connectivity index (χ0v) is 15.7. The molecular weight excluding hydrogens is 334 g/mol. The van der Waals surface area contributed by atoms with Crippen molar-refractivity contribution >= 4 is 28.7 Å². The van der Waals surface area contributed by atoms with Gasteiger partial charge in [0, 0.05) is 30.6 Å². The van der Waals surface area contributed by atoms with Crippen LogP contribution < -0.4 is 15.3 Å². The molecule has 0 atom stereocenters. The lowest BCUT2D eigenvalue weighted by molar-refractivity contribution is -0.137. The molecule has 0 amide bonds. The first-order chi connectivity index (χ1) is 12.5. The molecule has 0 spiro atoms. The minimum Gasteiger partial charge on any atom is -0.492 e. The molecule has 1 aromatic heterocycles. The summed E-state index contributed by atoms with van der Waals surface area (Å²) < 4.78 is 16.1. The van der Waals surface area contributed by atoms with Crippen molar-refractivity contribution in [1.29, 1.82) is 0 Å². The summed E-state index contributed by atoms with van der Waals surface area (Å²) in [6.07, 6.45) is 2.62. The third-order valence-corrected chi connectivity index (χ3v) is 3.93. The Bertz CT molecular complexity index is 849. The highest BCUT2D eigenvalue weighted by Crippen LogP contribution is 2.33. The Hall–Kier alpha value is -2.76. The van der Waals surface area contributed by atoms with Crippen LogP contribution in [0.5, 0.6) is 5.75 Å². The summed E-state index contributed by atoms with van der Waals surface area (Å²) in [6, 6.07) is 5.37. The number of fused-ring (bicyclic) bond motifs is 1. The van der Waals surface area contributed by atoms with Gasteiger partial charge in [0.25, 0.3) is 0 Å². The topological polar surface area (TPSA) is 69.0 Å². The monoisotopic (exact) mass is 359 g/mol. The molecule has 0 bridgehead atoms. The summed E-state index contributed by atoms with van der Waals surface area (Å²) in [6.45, 7) is 10.2. The van der Waals surface area contributed by atoms with Gasteiger partial charge in [-0.2, -0.15) is 0 Å². The third kappa shape index (κ3) is 4.45. The Morgan fingerprint density at radius 1 is 1.12 bits per heavy atom. The number of ether oxygens (including phenoxy) is 2. The van der Waals surface area contributed by atoms with Crippen molar-refractivity contribution in [3.05, 3.63) is 40.3 Å². The molecule has 6 heteroatoms. The number of rotatable bonds is 8. The van der Waals surface area contributed by atoms with E-state index in [2.05, 4.69) is 18.7 Å². The molecule has 0 aliphatic rings. The summed E-state index contributed by atoms with van der Waals surface area (Å²) in [5.41, 5.74) is 1.15. The minimum atomic E-state index is -0.507. The summed E-state index contributed by atoms with van der Waals surface area (Å²) in [5.74, 6) is 0.233. The van der Waals surface area contributed by atoms with E-state index in [1.807, 2.05) is 19.1 Å². The van der Waals surface area contributed by atoms with Crippen molar-refractivity contribution < 1.29 is 18.7 Å². The van der Waals surface area contributed by atoms with Crippen molar-refractivity contribution in [2.24, 2.45) is 0 Å². The lowest BCUT2D eigenvalue weighted by Crippen LogP contribution is -2.22. The number of hydrogen-bond acceptors (Lipinski definition) is 6. The van der Waals surface area contributed by atoms with Crippen molar-refractivity contribution in [3.8, 4) is 5.75 Å². The second-order valence-electron chi connectivity index (χ2n) is 5.54. The van der Waals surface area contributed by atoms with Gasteiger partial charge in [-0.05, 0) is 45.9 Å². The number of hydrogen-bond donors (Lipinski definition) is 0. The van der Waals surface area contributed by atoms with Crippen molar-refractivity contribution in [3.63, 3.8) is 0 Å². The van der Waals surface area contributed by atoms with Gasteiger partial charge >= 0.3 is 11.6 Å². The maximum absolute atomic E-state index is 12.2. The minimum absolute atomic E-state index is 0.279. The molecule has 0 saturated heterocycles. The molecule has 26 heavy (non-hydrogen) atoms. The highest BCUT2D eigenvalue weighted by Gasteiger charge is 2.14. The van der Waals surface area contributed by atoms with E-state index in [1.54, 1.807) is 13.0 Å². The normalized spacial score (nSPS) is 11.1. The second-order valence-corrected chi connectivity index (χ2v) is 5.54. The van der Waals surface area contributed by atoms with E-state index in [4.69, 9.17) is 13.9 Å². The molecule has 2 aromatic rings. The van der Waals surface area contributed by atoms with Gasteiger partial charge in [-0.25, -0.2) is 9.59 Å². The number of nitrogens with zero attached hydrogens (tertiary/aromatic N) is 1. The Kier molecular flexibility index (Phi) is 6.83. The zero-order chi connectivity index (χ0) is 19.1. The molecule has 1 aromatic carbocycles. The fraction of sp³-hybridized carbons (Fsp3) is 0.400. The Labute approximate surface area is 153 Å². The largest absolute Gasteiger partial charge is 0.492 e. The molecule has 2 rings (SSSR count). The van der Waals surface area contributed by atoms with Crippen LogP contribution in [0.1, 0.15) is 33.3 Å². The first-order valence-corrected chi connectivity index (χ1v) is 8.88. The zero-order valence-electron chi connectivity index (χ0n) is 15.7. The molecule has 140 valence electrons. The fourth-order valence-corrected chi connectivity index (χ4v) is 2.70. The van der Waals surface area contributed by atoms with Crippen LogP contribution in [0.25, 0.3) is 17.0 Å². The van der Waals surface area contributed by atoms with Gasteiger partial charge in [0.15, 0.2) is 0 Å². The average molecular weight is 359 g/mol. The van der Waals surface area contributed by atoms with Crippen LogP contribution in [0.4, 0.5) is 5.69 Å². The van der Waals surface area contributed by atoms with Crippen molar-refractivity contribution in [2.45, 2.75) is 27.7 Å². The lowest BCUT2D eigenvalue weighted by Gasteiger charge is -2.24. The average Bonchev–Trinajstić information content (AvgIpc) is 2.62. The van der Waals surface area contributed by atoms with E-state index in [9.17, 15) is 9.59 Å². The van der Waals surface area contributed by atoms with Gasteiger partial charge in [-0.15, -0.1) is 0 Å². The molecular formula is C20H25NO5. The molecule has 6 nitrogen and oxygen atoms in total. The summed E-state index contributed by atoms with van der Waals surface area (Å²) in [4.78, 5) is 25.8. The Morgan fingerprint density at radius 2 is 1.85 bits per heavy atom. The first-order valence-electron chi connectivity index (χ1n) is 8.88. The summed E-state index contributed by atoms with van der Waals surface area (Å²) >= 11 is 0. The van der Waals surface area contributed by atoms with Crippen LogP contribution in [-0.4, -0.2) is 32.3 Å². The van der Waals surface area contributed by atoms with E-state index in [0.29, 0.717) is 12.2 Å². The fourth-order valence-electron chi connectivity index (χ4n) is 2.70. The number of benzene rings is 1. The van der Waals surface area contributed by atoms with Gasteiger partial charge < -0.3 is 18.8 Å². The molecule has 0 radical (unpaired) electrons. The van der Waals surface area contributed by atoms with E-state index >= 15 is 0 Å². The van der Waals surface area contributed by atoms with Gasteiger partial charge in [-0.3, -0.25) is 0 Å². The van der Waals surface area contributed by atoms with E-state index < -0.39 is 11.6 Å². The summed E-state index contributed by atoms with van der Waals surface area (Å²) in [7, 11) is 0. The van der Waals surface area contributed by atoms with Gasteiger partial charge in [0.2, 0.25) is 0 Å². The standard InChI is InChI=1S/C20H25NO5/c1-5-21(6-2)16-13-17-15(12-18(16)24-7-3)11-14(20(23)26-17)9-10-19(22)25-8-4/h9-13H,5-8H2,1-4H3/b10-9+. The number of carbonyl (C=O) groups is 1. The highest BCUT2D eigenvalue weighted by atomic mass is 16.5.